The van der Waals surface area contributed by atoms with Crippen molar-refractivity contribution in [3.63, 3.8) is 0 Å². The number of nitrogens with zero attached hydrogens (tertiary/aromatic N) is 2. The van der Waals surface area contributed by atoms with E-state index in [1.54, 1.807) is 7.11 Å². The smallest absolute Gasteiger partial charge is 0.228 e. The molecule has 5 heteroatoms. The molecule has 0 radical (unpaired) electrons. The van der Waals surface area contributed by atoms with Crippen LogP contribution in [0, 0.1) is 11.3 Å². The highest BCUT2D eigenvalue weighted by Crippen LogP contribution is 2.34. The van der Waals surface area contributed by atoms with Gasteiger partial charge < -0.3 is 14.6 Å². The molecule has 2 rings (SSSR count). The lowest BCUT2D eigenvalue weighted by molar-refractivity contribution is 0.00718. The molecule has 0 amide bonds. The molecule has 2 atom stereocenters. The average Bonchev–Trinajstić information content (AvgIpc) is 3.06. The Labute approximate surface area is 127 Å². The molecule has 1 aliphatic rings. The van der Waals surface area contributed by atoms with Gasteiger partial charge in [0.1, 0.15) is 6.10 Å². The van der Waals surface area contributed by atoms with Crippen molar-refractivity contribution >= 4 is 0 Å². The fraction of sp³-hybridized carbons (Fsp3) is 0.875. The van der Waals surface area contributed by atoms with Crippen molar-refractivity contribution < 1.29 is 9.26 Å². The van der Waals surface area contributed by atoms with E-state index in [0.717, 1.165) is 12.3 Å². The summed E-state index contributed by atoms with van der Waals surface area (Å²) < 4.78 is 11.0. The van der Waals surface area contributed by atoms with Crippen molar-refractivity contribution in [2.24, 2.45) is 11.3 Å². The van der Waals surface area contributed by atoms with Crippen molar-refractivity contribution in [2.75, 3.05) is 14.2 Å². The molecule has 0 spiro atoms. The summed E-state index contributed by atoms with van der Waals surface area (Å²) in [6.07, 6.45) is 5.94. The first-order chi connectivity index (χ1) is 9.95. The molecule has 1 aliphatic carbocycles. The first-order valence-electron chi connectivity index (χ1n) is 7.98. The zero-order valence-corrected chi connectivity index (χ0v) is 14.0. The molecule has 1 saturated carbocycles. The topological polar surface area (TPSA) is 60.2 Å². The Bertz CT molecular complexity index is 433. The number of hydrogen-bond donors (Lipinski definition) is 1. The maximum Gasteiger partial charge on any atom is 0.228 e. The van der Waals surface area contributed by atoms with E-state index in [9.17, 15) is 0 Å². The van der Waals surface area contributed by atoms with Gasteiger partial charge in [-0.1, -0.05) is 38.8 Å². The van der Waals surface area contributed by atoms with Gasteiger partial charge in [-0.3, -0.25) is 0 Å². The molecule has 21 heavy (non-hydrogen) atoms. The van der Waals surface area contributed by atoms with Crippen LogP contribution in [-0.2, 0) is 11.2 Å². The number of likely N-dealkylation sites (N-methyl/N-ethyl adjacent to an activating group) is 1. The third-order valence-corrected chi connectivity index (χ3v) is 4.47. The second-order valence-electron chi connectivity index (χ2n) is 7.17. The lowest BCUT2D eigenvalue weighted by Gasteiger charge is -2.26. The number of nitrogens with one attached hydrogen (secondary N) is 1. The molecule has 120 valence electrons. The van der Waals surface area contributed by atoms with E-state index in [1.165, 1.54) is 25.7 Å². The molecule has 2 unspecified atom stereocenters. The van der Waals surface area contributed by atoms with Gasteiger partial charge in [0, 0.05) is 19.6 Å². The van der Waals surface area contributed by atoms with Gasteiger partial charge in [-0.2, -0.15) is 4.98 Å². The lowest BCUT2D eigenvalue weighted by Crippen LogP contribution is -2.34. The summed E-state index contributed by atoms with van der Waals surface area (Å²) in [5.41, 5.74) is -0.0518. The third kappa shape index (κ3) is 4.04. The summed E-state index contributed by atoms with van der Waals surface area (Å²) in [5.74, 6) is 2.09. The summed E-state index contributed by atoms with van der Waals surface area (Å²) in [7, 11) is 3.72. The minimum Gasteiger partial charge on any atom is -0.373 e. The Balaban J connectivity index is 2.04. The average molecular weight is 295 g/mol. The third-order valence-electron chi connectivity index (χ3n) is 4.47. The molecule has 1 aromatic heterocycles. The van der Waals surface area contributed by atoms with Crippen molar-refractivity contribution in [3.8, 4) is 0 Å². The van der Waals surface area contributed by atoms with Crippen LogP contribution in [0.3, 0.4) is 0 Å². The SMILES string of the molecule is CNC(Cc1nc(C(OC)C(C)(C)C)no1)C1CCCC1. The van der Waals surface area contributed by atoms with Crippen molar-refractivity contribution in [1.82, 2.24) is 15.5 Å². The molecule has 0 saturated heterocycles. The summed E-state index contributed by atoms with van der Waals surface area (Å²) in [6, 6.07) is 0.427. The van der Waals surface area contributed by atoms with Gasteiger partial charge in [-0.25, -0.2) is 0 Å². The van der Waals surface area contributed by atoms with Gasteiger partial charge in [0.25, 0.3) is 0 Å². The number of hydrogen-bond acceptors (Lipinski definition) is 5. The van der Waals surface area contributed by atoms with Crippen molar-refractivity contribution in [1.29, 1.82) is 0 Å². The second kappa shape index (κ2) is 6.88. The fourth-order valence-corrected chi connectivity index (χ4v) is 3.36. The van der Waals surface area contributed by atoms with Crippen LogP contribution < -0.4 is 5.32 Å². The van der Waals surface area contributed by atoms with Gasteiger partial charge in [0.05, 0.1) is 0 Å². The maximum atomic E-state index is 5.54. The van der Waals surface area contributed by atoms with Crippen LogP contribution in [0.4, 0.5) is 0 Å². The van der Waals surface area contributed by atoms with Crippen molar-refractivity contribution in [2.45, 2.75) is 65.0 Å². The van der Waals surface area contributed by atoms with Crippen LogP contribution in [0.5, 0.6) is 0 Å². The van der Waals surface area contributed by atoms with Gasteiger partial charge in [0.15, 0.2) is 0 Å². The van der Waals surface area contributed by atoms with Gasteiger partial charge in [-0.05, 0) is 31.2 Å². The minimum atomic E-state index is -0.144. The molecule has 0 aromatic carbocycles. The van der Waals surface area contributed by atoms with Crippen molar-refractivity contribution in [3.05, 3.63) is 11.7 Å². The fourth-order valence-electron chi connectivity index (χ4n) is 3.36. The number of ether oxygens (including phenoxy) is 1. The van der Waals surface area contributed by atoms with Crippen LogP contribution in [0.1, 0.15) is 64.3 Å². The molecular formula is C16H29N3O2. The quantitative estimate of drug-likeness (QED) is 0.873. The molecule has 1 heterocycles. The number of methoxy groups -OCH3 is 1. The Morgan fingerprint density at radius 2 is 2.00 bits per heavy atom. The van der Waals surface area contributed by atoms with E-state index in [1.807, 2.05) is 7.05 Å². The van der Waals surface area contributed by atoms with E-state index >= 15 is 0 Å². The summed E-state index contributed by atoms with van der Waals surface area (Å²) in [6.45, 7) is 6.35. The monoisotopic (exact) mass is 295 g/mol. The first-order valence-corrected chi connectivity index (χ1v) is 7.98. The Hall–Kier alpha value is -0.940. The zero-order valence-electron chi connectivity index (χ0n) is 14.0. The normalized spacial score (nSPS) is 19.9. The van der Waals surface area contributed by atoms with Gasteiger partial charge in [0.2, 0.25) is 11.7 Å². The summed E-state index contributed by atoms with van der Waals surface area (Å²) in [5, 5.41) is 7.55. The molecule has 5 nitrogen and oxygen atoms in total. The summed E-state index contributed by atoms with van der Waals surface area (Å²) >= 11 is 0. The first kappa shape index (κ1) is 16.4. The van der Waals surface area contributed by atoms with Crippen LogP contribution >= 0.6 is 0 Å². The largest absolute Gasteiger partial charge is 0.373 e. The highest BCUT2D eigenvalue weighted by molar-refractivity contribution is 4.98. The number of aromatic nitrogens is 2. The maximum absolute atomic E-state index is 5.54. The molecule has 0 aliphatic heterocycles. The minimum absolute atomic E-state index is 0.0518. The van der Waals surface area contributed by atoms with Gasteiger partial charge in [-0.15, -0.1) is 0 Å². The van der Waals surface area contributed by atoms with Crippen LogP contribution in [0.15, 0.2) is 4.52 Å². The standard InChI is InChI=1S/C16H29N3O2/c1-16(2,3)14(20-5)15-18-13(21-19-15)10-12(17-4)11-8-6-7-9-11/h11-12,14,17H,6-10H2,1-5H3. The van der Waals surface area contributed by atoms with E-state index in [0.29, 0.717) is 17.8 Å². The lowest BCUT2D eigenvalue weighted by atomic mass is 9.88. The molecular weight excluding hydrogens is 266 g/mol. The highest BCUT2D eigenvalue weighted by atomic mass is 16.5. The summed E-state index contributed by atoms with van der Waals surface area (Å²) in [4.78, 5) is 4.56. The Morgan fingerprint density at radius 1 is 1.33 bits per heavy atom. The number of rotatable bonds is 6. The predicted octanol–water partition coefficient (Wildman–Crippen LogP) is 3.12. The van der Waals surface area contributed by atoms with Crippen LogP contribution in [0.25, 0.3) is 0 Å². The van der Waals surface area contributed by atoms with E-state index in [4.69, 9.17) is 9.26 Å². The van der Waals surface area contributed by atoms with Crippen LogP contribution in [-0.4, -0.2) is 30.3 Å². The van der Waals surface area contributed by atoms with E-state index < -0.39 is 0 Å². The zero-order chi connectivity index (χ0) is 15.5. The molecule has 1 fully saturated rings. The van der Waals surface area contributed by atoms with E-state index in [2.05, 4.69) is 36.2 Å². The molecule has 1 N–H and O–H groups in total. The molecule has 1 aromatic rings. The predicted molar refractivity (Wildman–Crippen MR) is 82.0 cm³/mol. The Morgan fingerprint density at radius 3 is 2.52 bits per heavy atom. The van der Waals surface area contributed by atoms with Gasteiger partial charge >= 0.3 is 0 Å². The molecule has 0 bridgehead atoms. The highest BCUT2D eigenvalue weighted by Gasteiger charge is 2.31. The Kier molecular flexibility index (Phi) is 5.38. The van der Waals surface area contributed by atoms with E-state index in [-0.39, 0.29) is 11.5 Å². The second-order valence-corrected chi connectivity index (χ2v) is 7.17. The van der Waals surface area contributed by atoms with Crippen LogP contribution in [0.2, 0.25) is 0 Å².